The van der Waals surface area contributed by atoms with E-state index in [9.17, 15) is 4.79 Å². The summed E-state index contributed by atoms with van der Waals surface area (Å²) in [5, 5.41) is 0. The predicted molar refractivity (Wildman–Crippen MR) is 73.2 cm³/mol. The number of nitrogens with zero attached hydrogens (tertiary/aromatic N) is 1. The van der Waals surface area contributed by atoms with Gasteiger partial charge in [0.15, 0.2) is 0 Å². The number of ketones is 1. The summed E-state index contributed by atoms with van der Waals surface area (Å²) in [4.78, 5) is 14.2. The Hall–Kier alpha value is -0.370. The van der Waals surface area contributed by atoms with Gasteiger partial charge in [-0.2, -0.15) is 0 Å². The van der Waals surface area contributed by atoms with Crippen LogP contribution >= 0.6 is 0 Å². The number of hydrogen-bond acceptors (Lipinski definition) is 2. The number of hydrogen-bond donors (Lipinski definition) is 0. The van der Waals surface area contributed by atoms with Crippen LogP contribution in [0.25, 0.3) is 0 Å². The zero-order valence-electron chi connectivity index (χ0n) is 11.9. The molecule has 2 heteroatoms. The molecule has 0 bridgehead atoms. The molecule has 0 amide bonds. The van der Waals surface area contributed by atoms with Crippen LogP contribution in [0.1, 0.15) is 59.3 Å². The monoisotopic (exact) mass is 239 g/mol. The topological polar surface area (TPSA) is 20.3 Å². The van der Waals surface area contributed by atoms with E-state index in [1.807, 2.05) is 0 Å². The van der Waals surface area contributed by atoms with Crippen molar-refractivity contribution in [1.82, 2.24) is 4.90 Å². The first-order chi connectivity index (χ1) is 8.21. The van der Waals surface area contributed by atoms with Crippen LogP contribution in [0.4, 0.5) is 0 Å². The zero-order valence-corrected chi connectivity index (χ0v) is 11.9. The Balaban J connectivity index is 2.36. The molecule has 2 nitrogen and oxygen atoms in total. The number of rotatable bonds is 7. The molecule has 17 heavy (non-hydrogen) atoms. The maximum atomic E-state index is 11.7. The minimum absolute atomic E-state index is 0.312. The molecule has 0 aliphatic carbocycles. The van der Waals surface area contributed by atoms with Crippen LogP contribution in [0.2, 0.25) is 0 Å². The molecule has 1 aliphatic rings. The zero-order chi connectivity index (χ0) is 12.7. The summed E-state index contributed by atoms with van der Waals surface area (Å²) in [6.07, 6.45) is 7.08. The highest BCUT2D eigenvalue weighted by molar-refractivity contribution is 5.82. The quantitative estimate of drug-likeness (QED) is 0.677. The van der Waals surface area contributed by atoms with Crippen molar-refractivity contribution in [3.05, 3.63) is 0 Å². The van der Waals surface area contributed by atoms with Gasteiger partial charge < -0.3 is 4.90 Å². The van der Waals surface area contributed by atoms with Gasteiger partial charge in [0.25, 0.3) is 0 Å². The molecule has 1 fully saturated rings. The van der Waals surface area contributed by atoms with Crippen LogP contribution < -0.4 is 0 Å². The van der Waals surface area contributed by atoms with Crippen molar-refractivity contribution in [2.75, 3.05) is 19.6 Å². The SMILES string of the molecule is CCCCC(CC)CN1CCC(=O)C(CC)C1. The smallest absolute Gasteiger partial charge is 0.138 e. The third-order valence-electron chi connectivity index (χ3n) is 4.16. The number of carbonyl (C=O) groups is 1. The van der Waals surface area contributed by atoms with Crippen LogP contribution in [-0.2, 0) is 4.79 Å². The first-order valence-corrected chi connectivity index (χ1v) is 7.46. The third-order valence-corrected chi connectivity index (χ3v) is 4.16. The number of piperidine rings is 1. The molecular formula is C15H29NO. The second-order valence-corrected chi connectivity index (χ2v) is 5.50. The molecule has 0 aromatic carbocycles. The minimum Gasteiger partial charge on any atom is -0.302 e. The summed E-state index contributed by atoms with van der Waals surface area (Å²) in [6.45, 7) is 9.92. The van der Waals surface area contributed by atoms with Gasteiger partial charge in [-0.1, -0.05) is 40.0 Å². The van der Waals surface area contributed by atoms with E-state index in [0.29, 0.717) is 11.7 Å². The highest BCUT2D eigenvalue weighted by Crippen LogP contribution is 2.20. The Morgan fingerprint density at radius 2 is 2.12 bits per heavy atom. The van der Waals surface area contributed by atoms with E-state index in [1.165, 1.54) is 32.2 Å². The van der Waals surface area contributed by atoms with Gasteiger partial charge in [-0.05, 0) is 18.8 Å². The predicted octanol–water partition coefficient (Wildman–Crippen LogP) is 3.50. The average molecular weight is 239 g/mol. The van der Waals surface area contributed by atoms with Crippen LogP contribution in [0.3, 0.4) is 0 Å². The number of unbranched alkanes of at least 4 members (excludes halogenated alkanes) is 1. The Kier molecular flexibility index (Phi) is 6.79. The number of carbonyl (C=O) groups excluding carboxylic acids is 1. The molecule has 1 rings (SSSR count). The van der Waals surface area contributed by atoms with Gasteiger partial charge in [-0.3, -0.25) is 4.79 Å². The molecule has 0 spiro atoms. The van der Waals surface area contributed by atoms with Crippen molar-refractivity contribution in [3.8, 4) is 0 Å². The van der Waals surface area contributed by atoms with Crippen LogP contribution in [0.5, 0.6) is 0 Å². The molecule has 0 aromatic rings. The van der Waals surface area contributed by atoms with Gasteiger partial charge in [-0.15, -0.1) is 0 Å². The largest absolute Gasteiger partial charge is 0.302 e. The van der Waals surface area contributed by atoms with Gasteiger partial charge >= 0.3 is 0 Å². The molecule has 2 unspecified atom stereocenters. The van der Waals surface area contributed by atoms with Crippen molar-refractivity contribution in [2.45, 2.75) is 59.3 Å². The van der Waals surface area contributed by atoms with Crippen molar-refractivity contribution in [3.63, 3.8) is 0 Å². The average Bonchev–Trinajstić information content (AvgIpc) is 2.36. The van der Waals surface area contributed by atoms with E-state index in [2.05, 4.69) is 25.7 Å². The van der Waals surface area contributed by atoms with Gasteiger partial charge in [0.05, 0.1) is 0 Å². The maximum Gasteiger partial charge on any atom is 0.138 e. The second kappa shape index (κ2) is 7.86. The second-order valence-electron chi connectivity index (χ2n) is 5.50. The van der Waals surface area contributed by atoms with Gasteiger partial charge in [-0.25, -0.2) is 0 Å². The van der Waals surface area contributed by atoms with E-state index in [0.717, 1.165) is 31.8 Å². The standard InChI is InChI=1S/C15H29NO/c1-4-7-8-13(5-2)11-16-10-9-15(17)14(6-3)12-16/h13-14H,4-12H2,1-3H3. The Morgan fingerprint density at radius 3 is 2.71 bits per heavy atom. The molecule has 0 saturated carbocycles. The lowest BCUT2D eigenvalue weighted by atomic mass is 9.92. The molecule has 1 saturated heterocycles. The van der Waals surface area contributed by atoms with Crippen molar-refractivity contribution >= 4 is 5.78 Å². The molecule has 0 radical (unpaired) electrons. The van der Waals surface area contributed by atoms with Crippen molar-refractivity contribution in [2.24, 2.45) is 11.8 Å². The van der Waals surface area contributed by atoms with E-state index in [4.69, 9.17) is 0 Å². The van der Waals surface area contributed by atoms with Crippen LogP contribution in [0, 0.1) is 11.8 Å². The molecule has 1 aliphatic heterocycles. The lowest BCUT2D eigenvalue weighted by Gasteiger charge is -2.33. The summed E-state index contributed by atoms with van der Waals surface area (Å²) in [5.41, 5.74) is 0. The fourth-order valence-electron chi connectivity index (χ4n) is 2.78. The Labute approximate surface area is 107 Å². The molecule has 100 valence electrons. The minimum atomic E-state index is 0.312. The number of likely N-dealkylation sites (tertiary alicyclic amines) is 1. The lowest BCUT2D eigenvalue weighted by Crippen LogP contribution is -2.42. The normalized spacial score (nSPS) is 23.9. The first kappa shape index (κ1) is 14.7. The third kappa shape index (κ3) is 4.79. The summed E-state index contributed by atoms with van der Waals surface area (Å²) in [5.74, 6) is 1.64. The lowest BCUT2D eigenvalue weighted by molar-refractivity contribution is -0.126. The first-order valence-electron chi connectivity index (χ1n) is 7.46. The van der Waals surface area contributed by atoms with E-state index >= 15 is 0 Å². The summed E-state index contributed by atoms with van der Waals surface area (Å²) in [7, 11) is 0. The van der Waals surface area contributed by atoms with Gasteiger partial charge in [0.1, 0.15) is 5.78 Å². The molecule has 2 atom stereocenters. The highest BCUT2D eigenvalue weighted by Gasteiger charge is 2.26. The fraction of sp³-hybridized carbons (Fsp3) is 0.933. The molecule has 0 aromatic heterocycles. The maximum absolute atomic E-state index is 11.7. The van der Waals surface area contributed by atoms with E-state index in [-0.39, 0.29) is 0 Å². The van der Waals surface area contributed by atoms with Gasteiger partial charge in [0.2, 0.25) is 0 Å². The van der Waals surface area contributed by atoms with Crippen molar-refractivity contribution in [1.29, 1.82) is 0 Å². The van der Waals surface area contributed by atoms with E-state index in [1.54, 1.807) is 0 Å². The summed E-state index contributed by atoms with van der Waals surface area (Å²) >= 11 is 0. The van der Waals surface area contributed by atoms with Crippen LogP contribution in [-0.4, -0.2) is 30.3 Å². The Morgan fingerprint density at radius 1 is 1.35 bits per heavy atom. The van der Waals surface area contributed by atoms with Crippen molar-refractivity contribution < 1.29 is 4.79 Å². The summed E-state index contributed by atoms with van der Waals surface area (Å²) < 4.78 is 0. The molecule has 0 N–H and O–H groups in total. The fourth-order valence-corrected chi connectivity index (χ4v) is 2.78. The summed E-state index contributed by atoms with van der Waals surface area (Å²) in [6, 6.07) is 0. The van der Waals surface area contributed by atoms with Gasteiger partial charge in [0, 0.05) is 32.0 Å². The van der Waals surface area contributed by atoms with Crippen LogP contribution in [0.15, 0.2) is 0 Å². The Bertz CT molecular complexity index is 227. The molecular weight excluding hydrogens is 210 g/mol. The molecule has 1 heterocycles. The highest BCUT2D eigenvalue weighted by atomic mass is 16.1. The van der Waals surface area contributed by atoms with E-state index < -0.39 is 0 Å². The number of Topliss-reactive ketones (excluding diaryl/α,β-unsaturated/α-hetero) is 1.